The van der Waals surface area contributed by atoms with Crippen LogP contribution in [0.2, 0.25) is 0 Å². The summed E-state index contributed by atoms with van der Waals surface area (Å²) < 4.78 is 0. The van der Waals surface area contributed by atoms with Crippen molar-refractivity contribution in [2.75, 3.05) is 19.0 Å². The van der Waals surface area contributed by atoms with Gasteiger partial charge in [0.05, 0.1) is 11.6 Å². The van der Waals surface area contributed by atoms with E-state index in [0.29, 0.717) is 0 Å². The van der Waals surface area contributed by atoms with Crippen LogP contribution in [0.3, 0.4) is 0 Å². The Balaban J connectivity index is 1.91. The minimum Gasteiger partial charge on any atom is -0.378 e. The molecule has 1 atom stereocenters. The normalized spacial score (nSPS) is 15.1. The van der Waals surface area contributed by atoms with Crippen molar-refractivity contribution in [3.05, 3.63) is 101 Å². The number of benzene rings is 3. The summed E-state index contributed by atoms with van der Waals surface area (Å²) in [5, 5.41) is 9.80. The predicted octanol–water partition coefficient (Wildman–Crippen LogP) is 5.31. The lowest BCUT2D eigenvalue weighted by atomic mass is 9.83. The van der Waals surface area contributed by atoms with Gasteiger partial charge in [-0.3, -0.25) is 0 Å². The quantitative estimate of drug-likeness (QED) is 0.648. The van der Waals surface area contributed by atoms with Crippen LogP contribution in [0.4, 0.5) is 5.69 Å². The highest BCUT2D eigenvalue weighted by molar-refractivity contribution is 5.94. The summed E-state index contributed by atoms with van der Waals surface area (Å²) in [5.41, 5.74) is 7.80. The highest BCUT2D eigenvalue weighted by atomic mass is 15.1. The van der Waals surface area contributed by atoms with Crippen molar-refractivity contribution in [2.24, 2.45) is 0 Å². The molecule has 0 radical (unpaired) electrons. The number of rotatable bonds is 3. The number of hydrogen-bond donors (Lipinski definition) is 0. The molecule has 26 heavy (non-hydrogen) atoms. The monoisotopic (exact) mass is 336 g/mol. The molecule has 0 amide bonds. The van der Waals surface area contributed by atoms with Crippen molar-refractivity contribution < 1.29 is 0 Å². The molecule has 0 spiro atoms. The van der Waals surface area contributed by atoms with Crippen LogP contribution < -0.4 is 4.90 Å². The molecule has 126 valence electrons. The number of anilines is 1. The van der Waals surface area contributed by atoms with Crippen molar-refractivity contribution in [1.82, 2.24) is 0 Å². The molecule has 0 aliphatic heterocycles. The number of nitriles is 1. The van der Waals surface area contributed by atoms with Crippen LogP contribution in [0.5, 0.6) is 0 Å². The third kappa shape index (κ3) is 2.68. The lowest BCUT2D eigenvalue weighted by Gasteiger charge is -2.21. The average Bonchev–Trinajstić information content (AvgIpc) is 3.07. The maximum Gasteiger partial charge on any atom is 0.0995 e. The average molecular weight is 336 g/mol. The largest absolute Gasteiger partial charge is 0.378 e. The Hall–Kier alpha value is -3.31. The second-order valence-electron chi connectivity index (χ2n) is 6.81. The summed E-state index contributed by atoms with van der Waals surface area (Å²) in [7, 11) is 3.99. The first-order valence-corrected chi connectivity index (χ1v) is 8.76. The Bertz CT molecular complexity index is 1020. The molecule has 0 saturated carbocycles. The Kier molecular flexibility index (Phi) is 4.07. The van der Waals surface area contributed by atoms with Gasteiger partial charge in [-0.2, -0.15) is 5.26 Å². The van der Waals surface area contributed by atoms with E-state index in [1.54, 1.807) is 0 Å². The highest BCUT2D eigenvalue weighted by Gasteiger charge is 2.29. The maximum atomic E-state index is 9.80. The molecule has 2 heteroatoms. The first kappa shape index (κ1) is 16.2. The fourth-order valence-corrected chi connectivity index (χ4v) is 3.71. The third-order valence-electron chi connectivity index (χ3n) is 5.02. The Labute approximate surface area is 154 Å². The van der Waals surface area contributed by atoms with Gasteiger partial charge in [-0.1, -0.05) is 60.7 Å². The Morgan fingerprint density at radius 3 is 2.31 bits per heavy atom. The predicted molar refractivity (Wildman–Crippen MR) is 108 cm³/mol. The number of nitrogens with zero attached hydrogens (tertiary/aromatic N) is 2. The first-order valence-electron chi connectivity index (χ1n) is 8.76. The molecule has 2 nitrogen and oxygen atoms in total. The van der Waals surface area contributed by atoms with Crippen molar-refractivity contribution >= 4 is 17.3 Å². The lowest BCUT2D eigenvalue weighted by Crippen LogP contribution is -2.10. The second-order valence-corrected chi connectivity index (χ2v) is 6.81. The van der Waals surface area contributed by atoms with E-state index >= 15 is 0 Å². The molecule has 3 aromatic rings. The molecule has 0 N–H and O–H groups in total. The maximum absolute atomic E-state index is 9.80. The summed E-state index contributed by atoms with van der Waals surface area (Å²) in [6, 6.07) is 27.5. The third-order valence-corrected chi connectivity index (χ3v) is 5.02. The summed E-state index contributed by atoms with van der Waals surface area (Å²) in [6.07, 6.45) is 2.26. The van der Waals surface area contributed by atoms with Gasteiger partial charge >= 0.3 is 0 Å². The molecule has 0 bridgehead atoms. The van der Waals surface area contributed by atoms with Gasteiger partial charge in [-0.25, -0.2) is 0 Å². The summed E-state index contributed by atoms with van der Waals surface area (Å²) >= 11 is 0. The SMILES string of the molecule is CN(C)c1ccc(C2C(c3ccccc3)=Cc3ccccc32)c(C#N)c1. The zero-order valence-corrected chi connectivity index (χ0v) is 15.0. The van der Waals surface area contributed by atoms with Gasteiger partial charge < -0.3 is 4.90 Å². The van der Waals surface area contributed by atoms with E-state index in [2.05, 4.69) is 72.8 Å². The van der Waals surface area contributed by atoms with Crippen LogP contribution in [0, 0.1) is 11.3 Å². The molecule has 0 saturated heterocycles. The first-order chi connectivity index (χ1) is 12.7. The number of allylic oxidation sites excluding steroid dienone is 1. The minimum absolute atomic E-state index is 0.0828. The van der Waals surface area contributed by atoms with Gasteiger partial charge in [-0.05, 0) is 46.0 Å². The molecule has 0 aromatic heterocycles. The smallest absolute Gasteiger partial charge is 0.0995 e. The zero-order valence-electron chi connectivity index (χ0n) is 15.0. The fraction of sp³-hybridized carbons (Fsp3) is 0.125. The lowest BCUT2D eigenvalue weighted by molar-refractivity contribution is 1.05. The van der Waals surface area contributed by atoms with E-state index in [0.717, 1.165) is 16.8 Å². The van der Waals surface area contributed by atoms with Gasteiger partial charge in [0, 0.05) is 25.7 Å². The van der Waals surface area contributed by atoms with Crippen LogP contribution in [0.25, 0.3) is 11.6 Å². The van der Waals surface area contributed by atoms with Crippen LogP contribution in [-0.4, -0.2) is 14.1 Å². The van der Waals surface area contributed by atoms with E-state index in [1.807, 2.05) is 31.1 Å². The van der Waals surface area contributed by atoms with Crippen LogP contribution in [0.1, 0.15) is 33.7 Å². The molecule has 4 rings (SSSR count). The van der Waals surface area contributed by atoms with Crippen LogP contribution >= 0.6 is 0 Å². The van der Waals surface area contributed by atoms with Crippen molar-refractivity contribution in [2.45, 2.75) is 5.92 Å². The highest BCUT2D eigenvalue weighted by Crippen LogP contribution is 2.46. The van der Waals surface area contributed by atoms with E-state index in [-0.39, 0.29) is 5.92 Å². The molecule has 0 fully saturated rings. The molecular formula is C24H20N2. The topological polar surface area (TPSA) is 27.0 Å². The summed E-state index contributed by atoms with van der Waals surface area (Å²) in [5.74, 6) is 0.0828. The van der Waals surface area contributed by atoms with Crippen molar-refractivity contribution in [3.8, 4) is 6.07 Å². The molecule has 0 heterocycles. The molecule has 1 unspecified atom stereocenters. The second kappa shape index (κ2) is 6.54. The molecular weight excluding hydrogens is 316 g/mol. The zero-order chi connectivity index (χ0) is 18.1. The van der Waals surface area contributed by atoms with Crippen LogP contribution in [0.15, 0.2) is 72.8 Å². The van der Waals surface area contributed by atoms with Crippen LogP contribution in [-0.2, 0) is 0 Å². The van der Waals surface area contributed by atoms with Gasteiger partial charge in [0.1, 0.15) is 0 Å². The molecule has 3 aromatic carbocycles. The summed E-state index contributed by atoms with van der Waals surface area (Å²) in [6.45, 7) is 0. The number of fused-ring (bicyclic) bond motifs is 1. The van der Waals surface area contributed by atoms with Gasteiger partial charge in [0.2, 0.25) is 0 Å². The van der Waals surface area contributed by atoms with Crippen molar-refractivity contribution in [3.63, 3.8) is 0 Å². The van der Waals surface area contributed by atoms with Crippen molar-refractivity contribution in [1.29, 1.82) is 5.26 Å². The fourth-order valence-electron chi connectivity index (χ4n) is 3.71. The van der Waals surface area contributed by atoms with E-state index in [1.165, 1.54) is 22.3 Å². The summed E-state index contributed by atoms with van der Waals surface area (Å²) in [4.78, 5) is 2.03. The van der Waals surface area contributed by atoms with E-state index in [9.17, 15) is 5.26 Å². The number of hydrogen-bond acceptors (Lipinski definition) is 2. The molecule has 1 aliphatic rings. The van der Waals surface area contributed by atoms with Gasteiger partial charge in [0.25, 0.3) is 0 Å². The van der Waals surface area contributed by atoms with Gasteiger partial charge in [-0.15, -0.1) is 0 Å². The Morgan fingerprint density at radius 2 is 1.58 bits per heavy atom. The van der Waals surface area contributed by atoms with E-state index < -0.39 is 0 Å². The van der Waals surface area contributed by atoms with E-state index in [4.69, 9.17) is 0 Å². The minimum atomic E-state index is 0.0828. The van der Waals surface area contributed by atoms with Gasteiger partial charge in [0.15, 0.2) is 0 Å². The molecule has 1 aliphatic carbocycles. The Morgan fingerprint density at radius 1 is 0.846 bits per heavy atom. The standard InChI is InChI=1S/C24H20N2/c1-26(2)20-12-13-22(19(14-20)16-25)24-21-11-7-6-10-18(21)15-23(24)17-8-4-3-5-9-17/h3-15,24H,1-2H3.